The third kappa shape index (κ3) is 5.45. The molecule has 0 bridgehead atoms. The quantitative estimate of drug-likeness (QED) is 0.428. The number of nitrogens with zero attached hydrogens (tertiary/aromatic N) is 3. The Morgan fingerprint density at radius 2 is 1.70 bits per heavy atom. The van der Waals surface area contributed by atoms with Gasteiger partial charge in [0.05, 0.1) is 4.92 Å². The predicted octanol–water partition coefficient (Wildman–Crippen LogP) is 4.35. The number of benzene rings is 2. The van der Waals surface area contributed by atoms with E-state index in [1.54, 1.807) is 36.4 Å². The molecular formula is C20H19N5O4S. The summed E-state index contributed by atoms with van der Waals surface area (Å²) in [6.07, 6.45) is 0.427. The molecule has 2 amide bonds. The van der Waals surface area contributed by atoms with Crippen LogP contribution in [0.5, 0.6) is 0 Å². The number of anilines is 2. The number of nitrogens with one attached hydrogen (secondary N) is 2. The molecule has 1 heterocycles. The van der Waals surface area contributed by atoms with Crippen LogP contribution in [0.2, 0.25) is 0 Å². The highest BCUT2D eigenvalue weighted by Gasteiger charge is 2.13. The van der Waals surface area contributed by atoms with Crippen molar-refractivity contribution in [3.8, 4) is 10.6 Å². The van der Waals surface area contributed by atoms with Crippen LogP contribution in [0, 0.1) is 16.0 Å². The normalized spacial score (nSPS) is 10.6. The van der Waals surface area contributed by atoms with Crippen molar-refractivity contribution >= 4 is 39.7 Å². The fraction of sp³-hybridized carbons (Fsp3) is 0.200. The minimum atomic E-state index is -0.476. The standard InChI is InChI=1S/C20H19N5O4S/c1-12(2)11-17(26)21-15-7-3-13(4-8-15)18(27)22-20-24-23-19(30-20)14-5-9-16(10-6-14)25(28)29/h3-10,12H,11H2,1-2H3,(H,21,26)(H,22,24,27). The lowest BCUT2D eigenvalue weighted by Crippen LogP contribution is -2.14. The van der Waals surface area contributed by atoms with E-state index in [2.05, 4.69) is 20.8 Å². The first-order valence-corrected chi connectivity index (χ1v) is 9.93. The van der Waals surface area contributed by atoms with Crippen LogP contribution in [-0.4, -0.2) is 26.9 Å². The van der Waals surface area contributed by atoms with E-state index in [1.165, 1.54) is 12.1 Å². The van der Waals surface area contributed by atoms with Crippen molar-refractivity contribution in [2.75, 3.05) is 10.6 Å². The van der Waals surface area contributed by atoms with E-state index in [0.29, 0.717) is 33.4 Å². The number of carbonyl (C=O) groups excluding carboxylic acids is 2. The predicted molar refractivity (Wildman–Crippen MR) is 114 cm³/mol. The fourth-order valence-corrected chi connectivity index (χ4v) is 3.32. The zero-order valence-electron chi connectivity index (χ0n) is 16.3. The summed E-state index contributed by atoms with van der Waals surface area (Å²) in [5.74, 6) is -0.172. The Labute approximate surface area is 176 Å². The Morgan fingerprint density at radius 1 is 1.03 bits per heavy atom. The van der Waals surface area contributed by atoms with Crippen molar-refractivity contribution in [2.24, 2.45) is 5.92 Å². The first-order chi connectivity index (χ1) is 14.3. The lowest BCUT2D eigenvalue weighted by atomic mass is 10.1. The van der Waals surface area contributed by atoms with Crippen LogP contribution >= 0.6 is 11.3 Å². The van der Waals surface area contributed by atoms with Gasteiger partial charge in [0.1, 0.15) is 5.01 Å². The van der Waals surface area contributed by atoms with Crippen molar-refractivity contribution in [3.05, 3.63) is 64.2 Å². The van der Waals surface area contributed by atoms with E-state index >= 15 is 0 Å². The first kappa shape index (κ1) is 21.1. The van der Waals surface area contributed by atoms with Crippen molar-refractivity contribution in [3.63, 3.8) is 0 Å². The van der Waals surface area contributed by atoms with Crippen molar-refractivity contribution in [2.45, 2.75) is 20.3 Å². The molecule has 0 saturated carbocycles. The van der Waals surface area contributed by atoms with Crippen LogP contribution in [-0.2, 0) is 4.79 Å². The topological polar surface area (TPSA) is 127 Å². The van der Waals surface area contributed by atoms with Gasteiger partial charge in [-0.25, -0.2) is 0 Å². The van der Waals surface area contributed by atoms with Crippen LogP contribution in [0.4, 0.5) is 16.5 Å². The Bertz CT molecular complexity index is 1060. The molecule has 9 nitrogen and oxygen atoms in total. The molecule has 2 N–H and O–H groups in total. The van der Waals surface area contributed by atoms with Crippen molar-refractivity contribution in [1.82, 2.24) is 10.2 Å². The smallest absolute Gasteiger partial charge is 0.269 e. The summed E-state index contributed by atoms with van der Waals surface area (Å²) in [4.78, 5) is 34.5. The molecule has 0 aliphatic rings. The number of amides is 2. The molecule has 0 saturated heterocycles. The maximum absolute atomic E-state index is 12.4. The monoisotopic (exact) mass is 425 g/mol. The van der Waals surface area contributed by atoms with E-state index in [0.717, 1.165) is 11.3 Å². The van der Waals surface area contributed by atoms with Gasteiger partial charge in [-0.2, -0.15) is 0 Å². The summed E-state index contributed by atoms with van der Waals surface area (Å²) in [7, 11) is 0. The largest absolute Gasteiger partial charge is 0.326 e. The minimum absolute atomic E-state index is 0.0133. The molecule has 0 aliphatic heterocycles. The second kappa shape index (κ2) is 9.23. The minimum Gasteiger partial charge on any atom is -0.326 e. The molecule has 0 spiro atoms. The van der Waals surface area contributed by atoms with E-state index < -0.39 is 4.92 Å². The van der Waals surface area contributed by atoms with Gasteiger partial charge in [-0.1, -0.05) is 25.2 Å². The van der Waals surface area contributed by atoms with Gasteiger partial charge >= 0.3 is 0 Å². The molecule has 3 rings (SSSR count). The molecular weight excluding hydrogens is 406 g/mol. The fourth-order valence-electron chi connectivity index (χ4n) is 2.57. The Balaban J connectivity index is 1.62. The summed E-state index contributed by atoms with van der Waals surface area (Å²) in [5.41, 5.74) is 1.68. The van der Waals surface area contributed by atoms with Gasteiger partial charge in [0, 0.05) is 35.4 Å². The second-order valence-corrected chi connectivity index (χ2v) is 7.87. The zero-order chi connectivity index (χ0) is 21.7. The Kier molecular flexibility index (Phi) is 6.48. The highest BCUT2D eigenvalue weighted by molar-refractivity contribution is 7.18. The number of hydrogen-bond donors (Lipinski definition) is 2. The highest BCUT2D eigenvalue weighted by Crippen LogP contribution is 2.28. The lowest BCUT2D eigenvalue weighted by Gasteiger charge is -2.08. The summed E-state index contributed by atoms with van der Waals surface area (Å²) in [6.45, 7) is 3.93. The van der Waals surface area contributed by atoms with Crippen LogP contribution in [0.1, 0.15) is 30.6 Å². The van der Waals surface area contributed by atoms with Crippen molar-refractivity contribution in [1.29, 1.82) is 0 Å². The molecule has 0 radical (unpaired) electrons. The number of rotatable bonds is 7. The average Bonchev–Trinajstić information content (AvgIpc) is 3.16. The lowest BCUT2D eigenvalue weighted by molar-refractivity contribution is -0.384. The molecule has 1 aromatic heterocycles. The molecule has 0 unspecified atom stereocenters. The number of non-ortho nitro benzene ring substituents is 1. The molecule has 3 aromatic rings. The van der Waals surface area contributed by atoms with E-state index in [4.69, 9.17) is 0 Å². The summed E-state index contributed by atoms with van der Waals surface area (Å²) >= 11 is 1.16. The third-order valence-corrected chi connectivity index (χ3v) is 4.88. The Hall–Kier alpha value is -3.66. The number of carbonyl (C=O) groups is 2. The average molecular weight is 425 g/mol. The van der Waals surface area contributed by atoms with E-state index in [9.17, 15) is 19.7 Å². The van der Waals surface area contributed by atoms with Gasteiger partial charge in [-0.3, -0.25) is 25.0 Å². The van der Waals surface area contributed by atoms with Crippen molar-refractivity contribution < 1.29 is 14.5 Å². The molecule has 30 heavy (non-hydrogen) atoms. The van der Waals surface area contributed by atoms with Gasteiger partial charge in [-0.15, -0.1) is 10.2 Å². The maximum atomic E-state index is 12.4. The maximum Gasteiger partial charge on any atom is 0.269 e. The molecule has 2 aromatic carbocycles. The van der Waals surface area contributed by atoms with Gasteiger partial charge in [0.25, 0.3) is 11.6 Å². The number of nitro benzene ring substituents is 1. The van der Waals surface area contributed by atoms with Crippen LogP contribution < -0.4 is 10.6 Å². The summed E-state index contributed by atoms with van der Waals surface area (Å²) < 4.78 is 0. The van der Waals surface area contributed by atoms with E-state index in [-0.39, 0.29) is 23.4 Å². The van der Waals surface area contributed by atoms with E-state index in [1.807, 2.05) is 13.8 Å². The summed E-state index contributed by atoms with van der Waals surface area (Å²) in [5, 5.41) is 25.0. The van der Waals surface area contributed by atoms with Gasteiger partial charge in [0.15, 0.2) is 0 Å². The molecule has 10 heteroatoms. The van der Waals surface area contributed by atoms with Gasteiger partial charge in [-0.05, 0) is 42.3 Å². The summed E-state index contributed by atoms with van der Waals surface area (Å²) in [6, 6.07) is 12.5. The molecule has 0 fully saturated rings. The van der Waals surface area contributed by atoms with Crippen LogP contribution in [0.3, 0.4) is 0 Å². The number of nitro groups is 1. The molecule has 0 aliphatic carbocycles. The van der Waals surface area contributed by atoms with Gasteiger partial charge in [0.2, 0.25) is 11.0 Å². The SMILES string of the molecule is CC(C)CC(=O)Nc1ccc(C(=O)Nc2nnc(-c3ccc([N+](=O)[O-])cc3)s2)cc1. The molecule has 0 atom stereocenters. The first-order valence-electron chi connectivity index (χ1n) is 9.11. The highest BCUT2D eigenvalue weighted by atomic mass is 32.1. The van der Waals surface area contributed by atoms with Crippen LogP contribution in [0.15, 0.2) is 48.5 Å². The third-order valence-electron chi connectivity index (χ3n) is 4.00. The Morgan fingerprint density at radius 3 is 2.30 bits per heavy atom. The number of hydrogen-bond acceptors (Lipinski definition) is 7. The molecule has 154 valence electrons. The zero-order valence-corrected chi connectivity index (χ0v) is 17.1. The van der Waals surface area contributed by atoms with Gasteiger partial charge < -0.3 is 5.32 Å². The number of aromatic nitrogens is 2. The second-order valence-electron chi connectivity index (χ2n) is 6.89. The van der Waals surface area contributed by atoms with Crippen LogP contribution in [0.25, 0.3) is 10.6 Å².